The van der Waals surface area contributed by atoms with Gasteiger partial charge in [0, 0.05) is 37.6 Å². The Kier molecular flexibility index (Phi) is 5.40. The van der Waals surface area contributed by atoms with Crippen molar-refractivity contribution in [2.24, 2.45) is 0 Å². The van der Waals surface area contributed by atoms with Crippen molar-refractivity contribution < 1.29 is 9.53 Å². The smallest absolute Gasteiger partial charge is 0.410 e. The third-order valence-electron chi connectivity index (χ3n) is 3.84. The van der Waals surface area contributed by atoms with Gasteiger partial charge in [0.1, 0.15) is 5.60 Å². The molecule has 1 aromatic rings. The minimum atomic E-state index is -0.429. The van der Waals surface area contributed by atoms with E-state index in [-0.39, 0.29) is 6.09 Å². The molecule has 122 valence electrons. The Bertz CT molecular complexity index is 476. The van der Waals surface area contributed by atoms with Crippen LogP contribution in [-0.4, -0.2) is 40.7 Å². The molecule has 0 radical (unpaired) electrons. The van der Waals surface area contributed by atoms with E-state index >= 15 is 0 Å². The molecule has 2 heterocycles. The predicted molar refractivity (Wildman–Crippen MR) is 86.6 cm³/mol. The highest BCUT2D eigenvalue weighted by molar-refractivity contribution is 5.68. The molecule has 1 aliphatic rings. The van der Waals surface area contributed by atoms with Gasteiger partial charge in [0.25, 0.3) is 0 Å². The fraction of sp³-hybridized carbons (Fsp3) is 0.647. The van der Waals surface area contributed by atoms with Crippen molar-refractivity contribution in [2.45, 2.75) is 58.2 Å². The molecule has 22 heavy (non-hydrogen) atoms. The highest BCUT2D eigenvalue weighted by Crippen LogP contribution is 2.18. The lowest BCUT2D eigenvalue weighted by Crippen LogP contribution is -2.46. The number of ether oxygens (including phenoxy) is 1. The summed E-state index contributed by atoms with van der Waals surface area (Å²) in [6, 6.07) is 4.80. The summed E-state index contributed by atoms with van der Waals surface area (Å²) in [7, 11) is 0. The Morgan fingerprint density at radius 3 is 2.45 bits per heavy atom. The number of aromatic nitrogens is 1. The first kappa shape index (κ1) is 16.7. The van der Waals surface area contributed by atoms with E-state index in [4.69, 9.17) is 4.74 Å². The number of hydrogen-bond donors (Lipinski definition) is 1. The zero-order chi connectivity index (χ0) is 16.2. The summed E-state index contributed by atoms with van der Waals surface area (Å²) >= 11 is 0. The zero-order valence-electron chi connectivity index (χ0n) is 14.0. The molecule has 1 atom stereocenters. The van der Waals surface area contributed by atoms with Crippen LogP contribution in [0.3, 0.4) is 0 Å². The van der Waals surface area contributed by atoms with Gasteiger partial charge in [-0.2, -0.15) is 0 Å². The molecule has 0 bridgehead atoms. The maximum atomic E-state index is 12.0. The number of piperidine rings is 1. The number of amides is 1. The first-order chi connectivity index (χ1) is 10.3. The Hall–Kier alpha value is -1.62. The number of rotatable bonds is 3. The van der Waals surface area contributed by atoms with E-state index in [2.05, 4.69) is 17.2 Å². The fourth-order valence-corrected chi connectivity index (χ4v) is 2.66. The normalized spacial score (nSPS) is 18.1. The standard InChI is InChI=1S/C17H27N3O2/c1-13(14-5-9-18-10-6-14)19-15-7-11-20(12-8-15)16(21)22-17(2,3)4/h5-6,9-10,13,15,19H,7-8,11-12H2,1-4H3/t13-/m0/s1. The second-order valence-corrected chi connectivity index (χ2v) is 6.91. The molecule has 1 saturated heterocycles. The van der Waals surface area contributed by atoms with E-state index < -0.39 is 5.60 Å². The fourth-order valence-electron chi connectivity index (χ4n) is 2.66. The topological polar surface area (TPSA) is 54.5 Å². The molecular formula is C17H27N3O2. The molecule has 1 fully saturated rings. The van der Waals surface area contributed by atoms with Gasteiger partial charge < -0.3 is 15.0 Å². The van der Waals surface area contributed by atoms with E-state index in [1.54, 1.807) is 4.90 Å². The van der Waals surface area contributed by atoms with Crippen molar-refractivity contribution in [2.75, 3.05) is 13.1 Å². The van der Waals surface area contributed by atoms with Crippen LogP contribution in [0.5, 0.6) is 0 Å². The maximum Gasteiger partial charge on any atom is 0.410 e. The van der Waals surface area contributed by atoms with Gasteiger partial charge in [-0.05, 0) is 58.2 Å². The van der Waals surface area contributed by atoms with Crippen molar-refractivity contribution in [1.82, 2.24) is 15.2 Å². The molecule has 0 spiro atoms. The largest absolute Gasteiger partial charge is 0.444 e. The number of pyridine rings is 1. The number of nitrogens with zero attached hydrogens (tertiary/aromatic N) is 2. The van der Waals surface area contributed by atoms with E-state index in [1.807, 2.05) is 45.3 Å². The lowest BCUT2D eigenvalue weighted by molar-refractivity contribution is 0.0196. The summed E-state index contributed by atoms with van der Waals surface area (Å²) < 4.78 is 5.42. The lowest BCUT2D eigenvalue weighted by Gasteiger charge is -2.35. The minimum Gasteiger partial charge on any atom is -0.444 e. The van der Waals surface area contributed by atoms with Crippen LogP contribution >= 0.6 is 0 Å². The Morgan fingerprint density at radius 2 is 1.91 bits per heavy atom. The average Bonchev–Trinajstić information content (AvgIpc) is 2.47. The summed E-state index contributed by atoms with van der Waals surface area (Å²) in [6.07, 6.45) is 5.34. The molecule has 0 unspecified atom stereocenters. The van der Waals surface area contributed by atoms with Crippen LogP contribution in [0.4, 0.5) is 4.79 Å². The van der Waals surface area contributed by atoms with Crippen molar-refractivity contribution >= 4 is 6.09 Å². The molecule has 2 rings (SSSR count). The summed E-state index contributed by atoms with van der Waals surface area (Å²) in [5.41, 5.74) is 0.812. The summed E-state index contributed by atoms with van der Waals surface area (Å²) in [5, 5.41) is 3.64. The quantitative estimate of drug-likeness (QED) is 0.932. The first-order valence-electron chi connectivity index (χ1n) is 7.99. The number of nitrogens with one attached hydrogen (secondary N) is 1. The summed E-state index contributed by atoms with van der Waals surface area (Å²) in [4.78, 5) is 17.9. The second kappa shape index (κ2) is 7.09. The maximum absolute atomic E-state index is 12.0. The molecular weight excluding hydrogens is 278 g/mol. The van der Waals surface area contributed by atoms with Gasteiger partial charge in [-0.3, -0.25) is 4.98 Å². The zero-order valence-corrected chi connectivity index (χ0v) is 14.0. The molecule has 0 aliphatic carbocycles. The van der Waals surface area contributed by atoms with Crippen molar-refractivity contribution in [1.29, 1.82) is 0 Å². The Labute approximate surface area is 133 Å². The van der Waals surface area contributed by atoms with Crippen molar-refractivity contribution in [3.63, 3.8) is 0 Å². The van der Waals surface area contributed by atoms with E-state index in [9.17, 15) is 4.79 Å². The van der Waals surface area contributed by atoms with Gasteiger partial charge in [0.05, 0.1) is 0 Å². The van der Waals surface area contributed by atoms with Gasteiger partial charge in [-0.1, -0.05) is 0 Å². The van der Waals surface area contributed by atoms with Gasteiger partial charge in [-0.15, -0.1) is 0 Å². The van der Waals surface area contributed by atoms with Gasteiger partial charge in [0.15, 0.2) is 0 Å². The Morgan fingerprint density at radius 1 is 1.32 bits per heavy atom. The number of hydrogen-bond acceptors (Lipinski definition) is 4. The monoisotopic (exact) mass is 305 g/mol. The van der Waals surface area contributed by atoms with Crippen LogP contribution < -0.4 is 5.32 Å². The van der Waals surface area contributed by atoms with Crippen LogP contribution in [-0.2, 0) is 4.74 Å². The van der Waals surface area contributed by atoms with Gasteiger partial charge >= 0.3 is 6.09 Å². The first-order valence-corrected chi connectivity index (χ1v) is 7.99. The highest BCUT2D eigenvalue weighted by atomic mass is 16.6. The molecule has 0 aromatic carbocycles. The number of carbonyl (C=O) groups is 1. The van der Waals surface area contributed by atoms with E-state index in [0.29, 0.717) is 12.1 Å². The summed E-state index contributed by atoms with van der Waals surface area (Å²) in [5.74, 6) is 0. The van der Waals surface area contributed by atoms with E-state index in [1.165, 1.54) is 5.56 Å². The van der Waals surface area contributed by atoms with Crippen molar-refractivity contribution in [3.8, 4) is 0 Å². The number of likely N-dealkylation sites (tertiary alicyclic amines) is 1. The van der Waals surface area contributed by atoms with Gasteiger partial charge in [-0.25, -0.2) is 4.79 Å². The number of carbonyl (C=O) groups excluding carboxylic acids is 1. The molecule has 1 aliphatic heterocycles. The van der Waals surface area contributed by atoms with Gasteiger partial charge in [0.2, 0.25) is 0 Å². The van der Waals surface area contributed by atoms with Crippen LogP contribution in [0.1, 0.15) is 52.1 Å². The van der Waals surface area contributed by atoms with Crippen LogP contribution in [0.25, 0.3) is 0 Å². The second-order valence-electron chi connectivity index (χ2n) is 6.91. The average molecular weight is 305 g/mol. The molecule has 0 saturated carbocycles. The van der Waals surface area contributed by atoms with Crippen LogP contribution in [0.2, 0.25) is 0 Å². The molecule has 1 aromatic heterocycles. The lowest BCUT2D eigenvalue weighted by atomic mass is 10.0. The summed E-state index contributed by atoms with van der Waals surface area (Å²) in [6.45, 7) is 9.35. The molecule has 1 amide bonds. The minimum absolute atomic E-state index is 0.201. The van der Waals surface area contributed by atoms with Crippen molar-refractivity contribution in [3.05, 3.63) is 30.1 Å². The molecule has 5 heteroatoms. The van der Waals surface area contributed by atoms with E-state index in [0.717, 1.165) is 25.9 Å². The van der Waals surface area contributed by atoms with Crippen LogP contribution in [0, 0.1) is 0 Å². The third kappa shape index (κ3) is 4.98. The highest BCUT2D eigenvalue weighted by Gasteiger charge is 2.27. The SMILES string of the molecule is C[C@H](NC1CCN(C(=O)OC(C)(C)C)CC1)c1ccncc1. The Balaban J connectivity index is 1.79. The molecule has 1 N–H and O–H groups in total. The molecule has 5 nitrogen and oxygen atoms in total. The predicted octanol–water partition coefficient (Wildman–Crippen LogP) is 3.13. The third-order valence-corrected chi connectivity index (χ3v) is 3.84. The van der Waals surface area contributed by atoms with Crippen LogP contribution in [0.15, 0.2) is 24.5 Å².